The van der Waals surface area contributed by atoms with Gasteiger partial charge < -0.3 is 14.6 Å². The van der Waals surface area contributed by atoms with Gasteiger partial charge in [-0.05, 0) is 13.8 Å². The number of rotatable bonds is 5. The highest BCUT2D eigenvalue weighted by Gasteiger charge is 2.15. The van der Waals surface area contributed by atoms with Crippen molar-refractivity contribution in [2.75, 3.05) is 12.4 Å². The predicted molar refractivity (Wildman–Crippen MR) is 108 cm³/mol. The minimum absolute atomic E-state index is 0.553. The number of aryl methyl sites for hydroxylation is 3. The highest BCUT2D eigenvalue weighted by atomic mass is 16.5. The first-order valence-corrected chi connectivity index (χ1v) is 9.02. The predicted octanol–water partition coefficient (Wildman–Crippen LogP) is 3.00. The van der Waals surface area contributed by atoms with Crippen LogP contribution in [-0.2, 0) is 20.6 Å². The molecule has 0 spiro atoms. The van der Waals surface area contributed by atoms with Crippen molar-refractivity contribution in [2.45, 2.75) is 20.4 Å². The Morgan fingerprint density at radius 3 is 2.61 bits per heavy atom. The van der Waals surface area contributed by atoms with Crippen molar-refractivity contribution >= 4 is 16.9 Å². The Balaban J connectivity index is 1.60. The molecule has 4 aromatic heterocycles. The van der Waals surface area contributed by atoms with Crippen LogP contribution in [0, 0.1) is 13.8 Å². The highest BCUT2D eigenvalue weighted by molar-refractivity contribution is 5.77. The molecule has 8 heteroatoms. The molecule has 28 heavy (non-hydrogen) atoms. The fourth-order valence-corrected chi connectivity index (χ4v) is 3.38. The molecule has 4 aromatic rings. The van der Waals surface area contributed by atoms with E-state index in [0.717, 1.165) is 50.8 Å². The molecule has 0 aliphatic heterocycles. The van der Waals surface area contributed by atoms with Gasteiger partial charge in [0.2, 0.25) is 0 Å². The van der Waals surface area contributed by atoms with Crippen LogP contribution in [0.4, 0.5) is 5.82 Å². The maximum absolute atomic E-state index is 5.62. The lowest BCUT2D eigenvalue weighted by Crippen LogP contribution is -2.04. The summed E-state index contributed by atoms with van der Waals surface area (Å²) < 4.78 is 9.46. The molecular weight excluding hydrogens is 354 g/mol. The Hall–Kier alpha value is -3.42. The second kappa shape index (κ2) is 6.95. The topological polar surface area (TPSA) is 82.7 Å². The average molecular weight is 377 g/mol. The lowest BCUT2D eigenvalue weighted by Gasteiger charge is -2.12. The van der Waals surface area contributed by atoms with Crippen molar-refractivity contribution in [1.82, 2.24) is 29.3 Å². The average Bonchev–Trinajstić information content (AvgIpc) is 3.18. The molecule has 0 fully saturated rings. The van der Waals surface area contributed by atoms with Gasteiger partial charge in [0.1, 0.15) is 17.1 Å². The van der Waals surface area contributed by atoms with Gasteiger partial charge in [-0.2, -0.15) is 5.10 Å². The van der Waals surface area contributed by atoms with Crippen LogP contribution in [0.25, 0.3) is 22.3 Å². The van der Waals surface area contributed by atoms with Crippen molar-refractivity contribution in [3.8, 4) is 17.0 Å². The third kappa shape index (κ3) is 3.06. The number of methoxy groups -OCH3 is 1. The quantitative estimate of drug-likeness (QED) is 0.576. The van der Waals surface area contributed by atoms with Crippen molar-refractivity contribution in [2.24, 2.45) is 14.1 Å². The van der Waals surface area contributed by atoms with E-state index in [1.54, 1.807) is 19.6 Å². The van der Waals surface area contributed by atoms with E-state index < -0.39 is 0 Å². The number of aromatic nitrogens is 6. The van der Waals surface area contributed by atoms with Gasteiger partial charge in [0, 0.05) is 55.8 Å². The van der Waals surface area contributed by atoms with Crippen molar-refractivity contribution < 1.29 is 4.74 Å². The summed E-state index contributed by atoms with van der Waals surface area (Å²) in [5, 5.41) is 7.82. The molecule has 0 aliphatic rings. The SMILES string of the molecule is COc1cc(-c2c(C)nn(C)c2C)ncc1CNc1cc2c(cn1)ncn2C. The Morgan fingerprint density at radius 1 is 1.07 bits per heavy atom. The third-order valence-electron chi connectivity index (χ3n) is 5.00. The summed E-state index contributed by atoms with van der Waals surface area (Å²) in [6.07, 6.45) is 5.39. The Labute approximate surface area is 163 Å². The monoisotopic (exact) mass is 377 g/mol. The summed E-state index contributed by atoms with van der Waals surface area (Å²) >= 11 is 0. The molecule has 0 aromatic carbocycles. The maximum atomic E-state index is 5.62. The molecule has 0 saturated carbocycles. The summed E-state index contributed by atoms with van der Waals surface area (Å²) in [6.45, 7) is 4.59. The van der Waals surface area contributed by atoms with E-state index in [0.29, 0.717) is 6.54 Å². The smallest absolute Gasteiger partial charge is 0.128 e. The van der Waals surface area contributed by atoms with Crippen LogP contribution in [0.2, 0.25) is 0 Å². The van der Waals surface area contributed by atoms with Crippen molar-refractivity contribution in [1.29, 1.82) is 0 Å². The van der Waals surface area contributed by atoms with Crippen LogP contribution in [0.1, 0.15) is 17.0 Å². The van der Waals surface area contributed by atoms with E-state index in [1.165, 1.54) is 0 Å². The molecule has 4 heterocycles. The largest absolute Gasteiger partial charge is 0.496 e. The standard InChI is InChI=1S/C20H23N7O/c1-12-20(13(2)27(4)25-12)15-6-18(28-5)14(8-21-15)9-22-19-7-17-16(10-23-19)24-11-26(17)3/h6-8,10-11H,9H2,1-5H3,(H,22,23). The summed E-state index contributed by atoms with van der Waals surface area (Å²) in [5.41, 5.74) is 6.79. The van der Waals surface area contributed by atoms with Gasteiger partial charge in [-0.15, -0.1) is 0 Å². The maximum Gasteiger partial charge on any atom is 0.128 e. The summed E-state index contributed by atoms with van der Waals surface area (Å²) in [5.74, 6) is 1.56. The molecule has 0 saturated heterocycles. The number of ether oxygens (including phenoxy) is 1. The molecular formula is C20H23N7O. The fraction of sp³-hybridized carbons (Fsp3) is 0.300. The molecule has 1 N–H and O–H groups in total. The summed E-state index contributed by atoms with van der Waals surface area (Å²) in [7, 11) is 5.58. The fourth-order valence-electron chi connectivity index (χ4n) is 3.38. The van der Waals surface area contributed by atoms with Crippen LogP contribution < -0.4 is 10.1 Å². The minimum atomic E-state index is 0.553. The lowest BCUT2D eigenvalue weighted by molar-refractivity contribution is 0.410. The van der Waals surface area contributed by atoms with E-state index in [1.807, 2.05) is 55.5 Å². The molecule has 0 bridgehead atoms. The number of hydrogen-bond donors (Lipinski definition) is 1. The zero-order valence-corrected chi connectivity index (χ0v) is 16.7. The number of fused-ring (bicyclic) bond motifs is 1. The van der Waals surface area contributed by atoms with Gasteiger partial charge in [-0.3, -0.25) is 9.67 Å². The molecule has 0 aliphatic carbocycles. The first-order valence-electron chi connectivity index (χ1n) is 9.02. The zero-order valence-electron chi connectivity index (χ0n) is 16.7. The molecule has 0 unspecified atom stereocenters. The lowest BCUT2D eigenvalue weighted by atomic mass is 10.1. The van der Waals surface area contributed by atoms with Crippen LogP contribution in [0.3, 0.4) is 0 Å². The molecule has 0 atom stereocenters. The number of nitrogens with zero attached hydrogens (tertiary/aromatic N) is 6. The van der Waals surface area contributed by atoms with Crippen LogP contribution in [0.15, 0.2) is 30.9 Å². The first kappa shape index (κ1) is 18.0. The summed E-state index contributed by atoms with van der Waals surface area (Å²) in [6, 6.07) is 3.95. The van der Waals surface area contributed by atoms with Crippen molar-refractivity contribution in [3.63, 3.8) is 0 Å². The Bertz CT molecular complexity index is 1160. The zero-order chi connectivity index (χ0) is 19.8. The molecule has 8 nitrogen and oxygen atoms in total. The van der Waals surface area contributed by atoms with E-state index in [4.69, 9.17) is 4.74 Å². The van der Waals surface area contributed by atoms with Gasteiger partial charge in [0.05, 0.1) is 36.5 Å². The van der Waals surface area contributed by atoms with Crippen molar-refractivity contribution in [3.05, 3.63) is 47.8 Å². The van der Waals surface area contributed by atoms with E-state index in [9.17, 15) is 0 Å². The number of imidazole rings is 1. The number of anilines is 1. The minimum Gasteiger partial charge on any atom is -0.496 e. The van der Waals surface area contributed by atoms with E-state index in [2.05, 4.69) is 25.4 Å². The van der Waals surface area contributed by atoms with E-state index in [-0.39, 0.29) is 0 Å². The van der Waals surface area contributed by atoms with Crippen LogP contribution in [0.5, 0.6) is 5.75 Å². The number of hydrogen-bond acceptors (Lipinski definition) is 6. The van der Waals surface area contributed by atoms with Crippen LogP contribution >= 0.6 is 0 Å². The highest BCUT2D eigenvalue weighted by Crippen LogP contribution is 2.29. The van der Waals surface area contributed by atoms with Gasteiger partial charge >= 0.3 is 0 Å². The van der Waals surface area contributed by atoms with Gasteiger partial charge in [-0.25, -0.2) is 9.97 Å². The molecule has 144 valence electrons. The molecule has 0 radical (unpaired) electrons. The summed E-state index contributed by atoms with van der Waals surface area (Å²) in [4.78, 5) is 13.4. The Kier molecular flexibility index (Phi) is 4.46. The van der Waals surface area contributed by atoms with Gasteiger partial charge in [0.15, 0.2) is 0 Å². The second-order valence-corrected chi connectivity index (χ2v) is 6.82. The number of nitrogens with one attached hydrogen (secondary N) is 1. The third-order valence-corrected chi connectivity index (χ3v) is 5.00. The Morgan fingerprint density at radius 2 is 1.89 bits per heavy atom. The molecule has 4 rings (SSSR count). The molecule has 0 amide bonds. The van der Waals surface area contributed by atoms with E-state index >= 15 is 0 Å². The van der Waals surface area contributed by atoms with Gasteiger partial charge in [0.25, 0.3) is 0 Å². The first-order chi connectivity index (χ1) is 13.5. The second-order valence-electron chi connectivity index (χ2n) is 6.82. The van der Waals surface area contributed by atoms with Crippen LogP contribution in [-0.4, -0.2) is 36.4 Å². The number of pyridine rings is 2. The van der Waals surface area contributed by atoms with Gasteiger partial charge in [-0.1, -0.05) is 0 Å². The normalized spacial score (nSPS) is 11.2.